The number of amides is 2. The summed E-state index contributed by atoms with van der Waals surface area (Å²) in [6.07, 6.45) is 0.0793. The Kier molecular flexibility index (Phi) is 6.85. The lowest BCUT2D eigenvalue weighted by Crippen LogP contribution is -2.42. The van der Waals surface area contributed by atoms with Gasteiger partial charge in [0.1, 0.15) is 5.75 Å². The maximum atomic E-state index is 13.2. The molecule has 7 nitrogen and oxygen atoms in total. The molecule has 1 aliphatic heterocycles. The van der Waals surface area contributed by atoms with Gasteiger partial charge in [0.2, 0.25) is 11.8 Å². The maximum Gasteiger partial charge on any atom is 0.241 e. The van der Waals surface area contributed by atoms with Gasteiger partial charge in [0.15, 0.2) is 0 Å². The zero-order valence-corrected chi connectivity index (χ0v) is 16.7. The number of carbonyl (C=O) groups excluding carboxylic acids is 2. The van der Waals surface area contributed by atoms with Crippen LogP contribution >= 0.6 is 0 Å². The average Bonchev–Trinajstić information content (AvgIpc) is 3.08. The van der Waals surface area contributed by atoms with Gasteiger partial charge in [-0.25, -0.2) is 0 Å². The van der Waals surface area contributed by atoms with Gasteiger partial charge in [0.05, 0.1) is 19.3 Å². The Balaban J connectivity index is 1.74. The number of methoxy groups -OCH3 is 1. The Morgan fingerprint density at radius 3 is 2.48 bits per heavy atom. The van der Waals surface area contributed by atoms with E-state index in [1.165, 1.54) is 5.56 Å². The van der Waals surface area contributed by atoms with Gasteiger partial charge >= 0.3 is 0 Å². The fourth-order valence-electron chi connectivity index (χ4n) is 3.83. The van der Waals surface area contributed by atoms with Crippen molar-refractivity contribution in [3.63, 3.8) is 0 Å². The van der Waals surface area contributed by atoms with Gasteiger partial charge < -0.3 is 21.1 Å². The topological polar surface area (TPSA) is 102 Å². The highest BCUT2D eigenvalue weighted by Crippen LogP contribution is 2.29. The smallest absolute Gasteiger partial charge is 0.241 e. The van der Waals surface area contributed by atoms with Crippen LogP contribution in [-0.2, 0) is 9.59 Å². The number of carbonyl (C=O) groups is 2. The first kappa shape index (κ1) is 20.8. The van der Waals surface area contributed by atoms with Gasteiger partial charge in [-0.3, -0.25) is 14.5 Å². The Morgan fingerprint density at radius 1 is 1.10 bits per heavy atom. The number of anilines is 1. The van der Waals surface area contributed by atoms with E-state index in [1.54, 1.807) is 24.1 Å². The first-order valence-corrected chi connectivity index (χ1v) is 9.74. The van der Waals surface area contributed by atoms with Crippen molar-refractivity contribution >= 4 is 17.5 Å². The van der Waals surface area contributed by atoms with Crippen LogP contribution in [0.2, 0.25) is 0 Å². The second kappa shape index (κ2) is 9.54. The van der Waals surface area contributed by atoms with Crippen molar-refractivity contribution < 1.29 is 14.3 Å². The summed E-state index contributed by atoms with van der Waals surface area (Å²) in [5, 5.41) is 0. The minimum Gasteiger partial charge on any atom is -0.495 e. The number of nitrogens with two attached hydrogens (primary N) is 2. The van der Waals surface area contributed by atoms with E-state index in [2.05, 4.69) is 17.0 Å². The van der Waals surface area contributed by atoms with Crippen molar-refractivity contribution in [3.05, 3.63) is 60.2 Å². The average molecular weight is 396 g/mol. The molecule has 2 aromatic rings. The molecule has 1 heterocycles. The minimum atomic E-state index is -0.454. The molecule has 0 bridgehead atoms. The van der Waals surface area contributed by atoms with E-state index < -0.39 is 5.91 Å². The van der Waals surface area contributed by atoms with Crippen LogP contribution < -0.4 is 21.1 Å². The Hall–Kier alpha value is -2.90. The van der Waals surface area contributed by atoms with E-state index in [0.29, 0.717) is 24.5 Å². The third kappa shape index (κ3) is 5.13. The molecule has 2 atom stereocenters. The summed E-state index contributed by atoms with van der Waals surface area (Å²) in [5.74, 6) is 0.196. The highest BCUT2D eigenvalue weighted by atomic mass is 16.5. The zero-order chi connectivity index (χ0) is 20.8. The van der Waals surface area contributed by atoms with Gasteiger partial charge in [0.25, 0.3) is 0 Å². The number of nitrogens with zero attached hydrogens (tertiary/aromatic N) is 2. The van der Waals surface area contributed by atoms with Crippen molar-refractivity contribution in [3.8, 4) is 5.75 Å². The molecule has 4 N–H and O–H groups in total. The Bertz CT molecular complexity index is 843. The fourth-order valence-corrected chi connectivity index (χ4v) is 3.83. The van der Waals surface area contributed by atoms with Gasteiger partial charge in [0, 0.05) is 38.0 Å². The molecular formula is C22H28N4O3. The van der Waals surface area contributed by atoms with Crippen LogP contribution in [0, 0.1) is 0 Å². The molecule has 0 spiro atoms. The van der Waals surface area contributed by atoms with E-state index >= 15 is 0 Å². The zero-order valence-electron chi connectivity index (χ0n) is 16.7. The molecular weight excluding hydrogens is 368 g/mol. The molecule has 2 amide bonds. The van der Waals surface area contributed by atoms with Gasteiger partial charge in [-0.1, -0.05) is 42.5 Å². The molecule has 2 aromatic carbocycles. The molecule has 154 valence electrons. The lowest BCUT2D eigenvalue weighted by Gasteiger charge is -2.26. The number of primary amides is 1. The number of para-hydroxylation sites is 2. The Morgan fingerprint density at radius 2 is 1.79 bits per heavy atom. The lowest BCUT2D eigenvalue weighted by atomic mass is 9.95. The summed E-state index contributed by atoms with van der Waals surface area (Å²) in [4.78, 5) is 28.1. The van der Waals surface area contributed by atoms with Gasteiger partial charge in [-0.2, -0.15) is 0 Å². The molecule has 0 saturated carbocycles. The quantitative estimate of drug-likeness (QED) is 0.701. The lowest BCUT2D eigenvalue weighted by molar-refractivity contribution is -0.120. The van der Waals surface area contributed by atoms with Crippen LogP contribution in [0.1, 0.15) is 17.9 Å². The molecule has 1 saturated heterocycles. The van der Waals surface area contributed by atoms with Crippen molar-refractivity contribution in [2.75, 3.05) is 38.2 Å². The van der Waals surface area contributed by atoms with E-state index in [0.717, 1.165) is 0 Å². The summed E-state index contributed by atoms with van der Waals surface area (Å²) in [5.41, 5.74) is 13.5. The largest absolute Gasteiger partial charge is 0.495 e. The molecule has 0 radical (unpaired) electrons. The third-order valence-corrected chi connectivity index (χ3v) is 5.29. The van der Waals surface area contributed by atoms with Crippen LogP contribution in [0.25, 0.3) is 0 Å². The summed E-state index contributed by atoms with van der Waals surface area (Å²) < 4.78 is 5.40. The first-order chi connectivity index (χ1) is 14.0. The molecule has 3 rings (SSSR count). The maximum absolute atomic E-state index is 13.2. The summed E-state index contributed by atoms with van der Waals surface area (Å²) in [6.45, 7) is 1.78. The number of hydrogen-bond donors (Lipinski definition) is 2. The molecule has 7 heteroatoms. The number of benzene rings is 2. The molecule has 0 unspecified atom stereocenters. The SMILES string of the molecule is COc1ccccc1N(CCC(N)=O)C(=O)CN1C[C@@H](N)[C@H](c2ccccc2)C1. The monoisotopic (exact) mass is 396 g/mol. The minimum absolute atomic E-state index is 0.0319. The van der Waals surface area contributed by atoms with Crippen LogP contribution in [0.4, 0.5) is 5.69 Å². The second-order valence-electron chi connectivity index (χ2n) is 7.31. The summed E-state index contributed by atoms with van der Waals surface area (Å²) >= 11 is 0. The van der Waals surface area contributed by atoms with E-state index in [9.17, 15) is 9.59 Å². The molecule has 1 aliphatic rings. The number of hydrogen-bond acceptors (Lipinski definition) is 5. The van der Waals surface area contributed by atoms with Crippen molar-refractivity contribution in [2.45, 2.75) is 18.4 Å². The molecule has 1 fully saturated rings. The van der Waals surface area contributed by atoms with Crippen molar-refractivity contribution in [2.24, 2.45) is 11.5 Å². The summed E-state index contributed by atoms with van der Waals surface area (Å²) in [7, 11) is 1.56. The third-order valence-electron chi connectivity index (χ3n) is 5.29. The molecule has 29 heavy (non-hydrogen) atoms. The standard InChI is InChI=1S/C22H28N4O3/c1-29-20-10-6-5-9-19(20)26(12-11-21(24)27)22(28)15-25-13-17(18(23)14-25)16-7-3-2-4-8-16/h2-10,17-18H,11-15,23H2,1H3,(H2,24,27)/t17-,18+/m0/s1. The van der Waals surface area contributed by atoms with E-state index in [4.69, 9.17) is 16.2 Å². The van der Waals surface area contributed by atoms with Gasteiger partial charge in [-0.15, -0.1) is 0 Å². The number of likely N-dealkylation sites (tertiary alicyclic amines) is 1. The fraction of sp³-hybridized carbons (Fsp3) is 0.364. The van der Waals surface area contributed by atoms with Crippen molar-refractivity contribution in [1.29, 1.82) is 0 Å². The number of rotatable bonds is 8. The van der Waals surface area contributed by atoms with Crippen LogP contribution in [-0.4, -0.2) is 56.0 Å². The van der Waals surface area contributed by atoms with Crippen molar-refractivity contribution in [1.82, 2.24) is 4.90 Å². The predicted octanol–water partition coefficient (Wildman–Crippen LogP) is 1.33. The first-order valence-electron chi connectivity index (χ1n) is 9.74. The number of ether oxygens (including phenoxy) is 1. The van der Waals surface area contributed by atoms with Crippen LogP contribution in [0.15, 0.2) is 54.6 Å². The van der Waals surface area contributed by atoms with Crippen LogP contribution in [0.3, 0.4) is 0 Å². The van der Waals surface area contributed by atoms with E-state index in [-0.39, 0.29) is 37.4 Å². The van der Waals surface area contributed by atoms with Gasteiger partial charge in [-0.05, 0) is 17.7 Å². The normalized spacial score (nSPS) is 19.1. The molecule has 0 aliphatic carbocycles. The molecule has 0 aromatic heterocycles. The summed E-state index contributed by atoms with van der Waals surface area (Å²) in [6, 6.07) is 17.4. The van der Waals surface area contributed by atoms with E-state index in [1.807, 2.05) is 30.3 Å². The van der Waals surface area contributed by atoms with Crippen LogP contribution in [0.5, 0.6) is 5.75 Å². The highest BCUT2D eigenvalue weighted by Gasteiger charge is 2.33. The Labute approximate surface area is 171 Å². The second-order valence-corrected chi connectivity index (χ2v) is 7.31. The highest BCUT2D eigenvalue weighted by molar-refractivity contribution is 5.96. The predicted molar refractivity (Wildman–Crippen MR) is 113 cm³/mol.